The average Bonchev–Trinajstić information content (AvgIpc) is 2.14. The Morgan fingerprint density at radius 3 is 1.12 bits per heavy atom. The van der Waals surface area contributed by atoms with Crippen LogP contribution in [0, 0.1) is 11.8 Å². The molecule has 0 aliphatic carbocycles. The third-order valence-corrected chi connectivity index (χ3v) is 3.21. The molecule has 0 aliphatic rings. The lowest BCUT2D eigenvalue weighted by molar-refractivity contribution is 0.644. The Labute approximate surface area is 122 Å². The third-order valence-electron chi connectivity index (χ3n) is 2.07. The molecule has 0 rings (SSSR count). The van der Waals surface area contributed by atoms with Gasteiger partial charge in [-0.05, 0) is 0 Å². The first kappa shape index (κ1) is 16.5. The van der Waals surface area contributed by atoms with E-state index in [1.807, 2.05) is 0 Å². The fourth-order valence-corrected chi connectivity index (χ4v) is 2.05. The highest BCUT2D eigenvalue weighted by Crippen LogP contribution is 1.99. The fourth-order valence-electron chi connectivity index (χ4n) is 1.05. The molecule has 0 saturated carbocycles. The van der Waals surface area contributed by atoms with Crippen LogP contribution in [0.4, 0.5) is 0 Å². The van der Waals surface area contributed by atoms with E-state index in [0.29, 0.717) is 13.1 Å². The van der Waals surface area contributed by atoms with Crippen molar-refractivity contribution in [2.45, 2.75) is 0 Å². The lowest BCUT2D eigenvalue weighted by atomic mass is 10.1. The van der Waals surface area contributed by atoms with Crippen molar-refractivity contribution in [1.29, 1.82) is 0 Å². The third kappa shape index (κ3) is 6.13. The van der Waals surface area contributed by atoms with Gasteiger partial charge >= 0.3 is 0 Å². The molecule has 0 aromatic carbocycles. The van der Waals surface area contributed by atoms with Crippen LogP contribution in [0.25, 0.3) is 0 Å². The van der Waals surface area contributed by atoms with Gasteiger partial charge in [0.25, 0.3) is 0 Å². The molecular weight excluding hydrogens is 294 g/mol. The summed E-state index contributed by atoms with van der Waals surface area (Å²) in [6.07, 6.45) is 0. The van der Waals surface area contributed by atoms with Crippen LogP contribution in [0.15, 0.2) is 0 Å². The molecule has 0 radical (unpaired) electrons. The summed E-state index contributed by atoms with van der Waals surface area (Å²) >= 11 is 19.4. The van der Waals surface area contributed by atoms with E-state index in [9.17, 15) is 0 Å². The molecule has 17 heavy (non-hydrogen) atoms. The van der Waals surface area contributed by atoms with Crippen molar-refractivity contribution >= 4 is 68.8 Å². The molecule has 0 heterocycles. The molecule has 0 bridgehead atoms. The first-order chi connectivity index (χ1) is 7.77. The van der Waals surface area contributed by atoms with Gasteiger partial charge in [0.2, 0.25) is 0 Å². The minimum atomic E-state index is -0.349. The smallest absolute Gasteiger partial charge is 0.0840 e. The van der Waals surface area contributed by atoms with E-state index in [0.717, 1.165) is 0 Å². The second-order valence-corrected chi connectivity index (χ2v) is 5.26. The van der Waals surface area contributed by atoms with Crippen LogP contribution in [0.1, 0.15) is 0 Å². The van der Waals surface area contributed by atoms with Crippen LogP contribution in [0.5, 0.6) is 0 Å². The van der Waals surface area contributed by atoms with Crippen molar-refractivity contribution in [3.63, 3.8) is 0 Å². The topological polar surface area (TPSA) is 116 Å². The van der Waals surface area contributed by atoms with Crippen LogP contribution < -0.4 is 28.3 Å². The predicted octanol–water partition coefficient (Wildman–Crippen LogP) is -1.05. The number of hydrogen-bond donors (Lipinski definition) is 5. The first-order valence-corrected chi connectivity index (χ1v) is 6.28. The quantitative estimate of drug-likeness (QED) is 0.358. The Kier molecular flexibility index (Phi) is 7.55. The van der Waals surface area contributed by atoms with Crippen LogP contribution in [0.2, 0.25) is 0 Å². The second-order valence-electron chi connectivity index (χ2n) is 3.37. The highest BCUT2D eigenvalue weighted by atomic mass is 32.1. The van der Waals surface area contributed by atoms with Crippen molar-refractivity contribution in [2.75, 3.05) is 13.1 Å². The maximum atomic E-state index is 5.50. The van der Waals surface area contributed by atoms with Gasteiger partial charge in [-0.15, -0.1) is 0 Å². The number of thiocarbonyl (C=S) groups is 4. The molecule has 9 heteroatoms. The largest absolute Gasteiger partial charge is 0.393 e. The van der Waals surface area contributed by atoms with E-state index in [2.05, 4.69) is 5.32 Å². The van der Waals surface area contributed by atoms with E-state index >= 15 is 0 Å². The van der Waals surface area contributed by atoms with Gasteiger partial charge in [-0.1, -0.05) is 48.9 Å². The number of nitrogens with two attached hydrogens (primary N) is 4. The van der Waals surface area contributed by atoms with E-state index in [1.54, 1.807) is 0 Å². The molecule has 0 spiro atoms. The Hall–Kier alpha value is -0.480. The lowest BCUT2D eigenvalue weighted by Gasteiger charge is -2.18. The molecule has 0 aromatic heterocycles. The van der Waals surface area contributed by atoms with Gasteiger partial charge in [-0.3, -0.25) is 0 Å². The molecule has 5 nitrogen and oxygen atoms in total. The molecule has 0 saturated heterocycles. The summed E-state index contributed by atoms with van der Waals surface area (Å²) in [5, 5.41) is 3.04. The number of rotatable bonds is 8. The van der Waals surface area contributed by atoms with Crippen LogP contribution in [-0.2, 0) is 0 Å². The molecule has 96 valence electrons. The van der Waals surface area contributed by atoms with E-state index in [4.69, 9.17) is 71.8 Å². The van der Waals surface area contributed by atoms with Gasteiger partial charge in [-0.2, -0.15) is 0 Å². The molecule has 0 atom stereocenters. The summed E-state index contributed by atoms with van der Waals surface area (Å²) in [5.41, 5.74) is 22.0. The summed E-state index contributed by atoms with van der Waals surface area (Å²) in [4.78, 5) is 0.971. The summed E-state index contributed by atoms with van der Waals surface area (Å²) < 4.78 is 0. The Morgan fingerprint density at radius 2 is 0.941 bits per heavy atom. The maximum absolute atomic E-state index is 5.50. The zero-order valence-corrected chi connectivity index (χ0v) is 12.3. The molecule has 0 amide bonds. The summed E-state index contributed by atoms with van der Waals surface area (Å²) in [7, 11) is 0. The van der Waals surface area contributed by atoms with Crippen molar-refractivity contribution in [3.8, 4) is 0 Å². The van der Waals surface area contributed by atoms with Gasteiger partial charge in [0.1, 0.15) is 0 Å². The molecular formula is C8H15N5S4. The highest BCUT2D eigenvalue weighted by Gasteiger charge is 2.18. The van der Waals surface area contributed by atoms with E-state index < -0.39 is 0 Å². The van der Waals surface area contributed by atoms with Crippen molar-refractivity contribution in [3.05, 3.63) is 0 Å². The summed E-state index contributed by atoms with van der Waals surface area (Å²) in [6, 6.07) is 0. The minimum absolute atomic E-state index is 0.243. The predicted molar refractivity (Wildman–Crippen MR) is 87.0 cm³/mol. The monoisotopic (exact) mass is 309 g/mol. The fraction of sp³-hybridized carbons (Fsp3) is 0.500. The number of nitrogens with one attached hydrogen (secondary N) is 1. The molecule has 0 unspecified atom stereocenters. The standard InChI is InChI=1S/C8H15N5S4/c9-5(14)3(6(10)15)1-13-2-4(7(11)16)8(12)17/h3-4,13H,1-2H2,(H2,9,14)(H2,10,15)(H2,11,16)(H2,12,17). The zero-order chi connectivity index (χ0) is 13.6. The zero-order valence-electron chi connectivity index (χ0n) is 9.01. The van der Waals surface area contributed by atoms with Gasteiger partial charge in [0.15, 0.2) is 0 Å². The second kappa shape index (κ2) is 7.77. The van der Waals surface area contributed by atoms with Crippen molar-refractivity contribution < 1.29 is 0 Å². The normalized spacial score (nSPS) is 10.5. The van der Waals surface area contributed by atoms with Crippen molar-refractivity contribution in [2.24, 2.45) is 34.8 Å². The van der Waals surface area contributed by atoms with Crippen LogP contribution in [-0.4, -0.2) is 33.0 Å². The molecule has 0 aromatic rings. The number of hydrogen-bond acceptors (Lipinski definition) is 5. The van der Waals surface area contributed by atoms with E-state index in [1.165, 1.54) is 0 Å². The summed E-state index contributed by atoms with van der Waals surface area (Å²) in [6.45, 7) is 0.818. The van der Waals surface area contributed by atoms with Gasteiger partial charge < -0.3 is 28.3 Å². The lowest BCUT2D eigenvalue weighted by Crippen LogP contribution is -2.45. The molecule has 9 N–H and O–H groups in total. The SMILES string of the molecule is NC(=S)C(CNCC(C(N)=S)C(N)=S)C(N)=S. The Bertz CT molecular complexity index is 283. The summed E-state index contributed by atoms with van der Waals surface area (Å²) in [5.74, 6) is -0.698. The average molecular weight is 310 g/mol. The Balaban J connectivity index is 4.29. The maximum Gasteiger partial charge on any atom is 0.0840 e. The molecule has 0 fully saturated rings. The highest BCUT2D eigenvalue weighted by molar-refractivity contribution is 7.82. The molecule has 0 aliphatic heterocycles. The van der Waals surface area contributed by atoms with Crippen molar-refractivity contribution in [1.82, 2.24) is 5.32 Å². The Morgan fingerprint density at radius 1 is 0.706 bits per heavy atom. The van der Waals surface area contributed by atoms with Crippen LogP contribution >= 0.6 is 48.9 Å². The van der Waals surface area contributed by atoms with Crippen LogP contribution in [0.3, 0.4) is 0 Å². The minimum Gasteiger partial charge on any atom is -0.393 e. The van der Waals surface area contributed by atoms with E-state index in [-0.39, 0.29) is 31.8 Å². The first-order valence-electron chi connectivity index (χ1n) is 4.65. The van der Waals surface area contributed by atoms with Gasteiger partial charge in [0.05, 0.1) is 31.8 Å². The van der Waals surface area contributed by atoms with Gasteiger partial charge in [-0.25, -0.2) is 0 Å². The van der Waals surface area contributed by atoms with Gasteiger partial charge in [0, 0.05) is 13.1 Å².